The molecule has 6 nitrogen and oxygen atoms in total. The summed E-state index contributed by atoms with van der Waals surface area (Å²) in [7, 11) is 0. The third kappa shape index (κ3) is 1.98. The summed E-state index contributed by atoms with van der Waals surface area (Å²) >= 11 is 1.63. The number of imidazole rings is 1. The van der Waals surface area contributed by atoms with Gasteiger partial charge in [0.25, 0.3) is 0 Å². The molecule has 22 heavy (non-hydrogen) atoms. The topological polar surface area (TPSA) is 75.6 Å². The number of aliphatic hydroxyl groups is 1. The van der Waals surface area contributed by atoms with Gasteiger partial charge in [-0.3, -0.25) is 4.40 Å². The second kappa shape index (κ2) is 5.11. The van der Waals surface area contributed by atoms with E-state index in [9.17, 15) is 0 Å². The van der Waals surface area contributed by atoms with E-state index in [1.807, 2.05) is 31.3 Å². The molecule has 0 bridgehead atoms. The van der Waals surface area contributed by atoms with Gasteiger partial charge in [-0.05, 0) is 25.1 Å². The van der Waals surface area contributed by atoms with Gasteiger partial charge < -0.3 is 14.8 Å². The first-order chi connectivity index (χ1) is 10.8. The number of aryl methyl sites for hydroxylation is 1. The maximum atomic E-state index is 9.02. The lowest BCUT2D eigenvalue weighted by atomic mass is 10.3. The van der Waals surface area contributed by atoms with Crippen molar-refractivity contribution in [2.45, 2.75) is 6.92 Å². The molecule has 112 valence electrons. The summed E-state index contributed by atoms with van der Waals surface area (Å²) in [6, 6.07) is 5.83. The highest BCUT2D eigenvalue weighted by atomic mass is 32.1. The van der Waals surface area contributed by atoms with Gasteiger partial charge in [-0.1, -0.05) is 0 Å². The van der Waals surface area contributed by atoms with E-state index in [1.165, 1.54) is 0 Å². The molecule has 0 aromatic carbocycles. The average Bonchev–Trinajstić information content (AvgIpc) is 3.23. The first-order valence-electron chi connectivity index (χ1n) is 6.94. The fourth-order valence-corrected chi connectivity index (χ4v) is 3.60. The lowest BCUT2D eigenvalue weighted by Crippen LogP contribution is -2.08. The van der Waals surface area contributed by atoms with Crippen molar-refractivity contribution < 1.29 is 9.52 Å². The minimum absolute atomic E-state index is 0.0485. The van der Waals surface area contributed by atoms with Crippen molar-refractivity contribution in [1.29, 1.82) is 0 Å². The first kappa shape index (κ1) is 13.3. The number of rotatable bonds is 4. The van der Waals surface area contributed by atoms with Gasteiger partial charge >= 0.3 is 0 Å². The van der Waals surface area contributed by atoms with Crippen LogP contribution in [0, 0.1) is 6.92 Å². The second-order valence-electron chi connectivity index (χ2n) is 4.95. The van der Waals surface area contributed by atoms with Crippen LogP contribution in [0.3, 0.4) is 0 Å². The molecule has 4 heterocycles. The fourth-order valence-electron chi connectivity index (χ4n) is 2.48. The Kier molecular flexibility index (Phi) is 3.09. The quantitative estimate of drug-likeness (QED) is 0.606. The number of nitrogens with one attached hydrogen (secondary N) is 1. The molecule has 0 aliphatic carbocycles. The molecular weight excluding hydrogens is 300 g/mol. The van der Waals surface area contributed by atoms with Crippen molar-refractivity contribution in [1.82, 2.24) is 14.4 Å². The number of hydrogen-bond acceptors (Lipinski definition) is 6. The van der Waals surface area contributed by atoms with Gasteiger partial charge in [0.2, 0.25) is 0 Å². The molecule has 0 aliphatic rings. The van der Waals surface area contributed by atoms with Crippen LogP contribution in [-0.2, 0) is 0 Å². The van der Waals surface area contributed by atoms with Gasteiger partial charge in [-0.15, -0.1) is 11.3 Å². The van der Waals surface area contributed by atoms with Crippen molar-refractivity contribution in [2.75, 3.05) is 18.5 Å². The van der Waals surface area contributed by atoms with Crippen LogP contribution in [-0.4, -0.2) is 32.6 Å². The van der Waals surface area contributed by atoms with Crippen molar-refractivity contribution >= 4 is 33.1 Å². The van der Waals surface area contributed by atoms with Crippen molar-refractivity contribution in [2.24, 2.45) is 0 Å². The monoisotopic (exact) mass is 314 g/mol. The minimum atomic E-state index is 0.0485. The number of anilines is 1. The highest BCUT2D eigenvalue weighted by Gasteiger charge is 2.15. The Hall–Kier alpha value is -2.38. The van der Waals surface area contributed by atoms with Crippen LogP contribution in [0.15, 0.2) is 35.1 Å². The molecule has 0 fully saturated rings. The third-order valence-electron chi connectivity index (χ3n) is 3.45. The molecule has 7 heteroatoms. The molecule has 4 rings (SSSR count). The molecule has 0 saturated carbocycles. The molecular formula is C15H14N4O2S. The maximum absolute atomic E-state index is 9.02. The Morgan fingerprint density at radius 1 is 1.45 bits per heavy atom. The average molecular weight is 314 g/mol. The van der Waals surface area contributed by atoms with Gasteiger partial charge in [0.15, 0.2) is 11.5 Å². The number of aliphatic hydroxyl groups excluding tert-OH is 1. The smallest absolute Gasteiger partial charge is 0.181 e. The number of fused-ring (bicyclic) bond motifs is 3. The molecule has 0 saturated heterocycles. The van der Waals surface area contributed by atoms with E-state index >= 15 is 0 Å². The number of furan rings is 1. The third-order valence-corrected chi connectivity index (χ3v) is 4.57. The molecule has 0 radical (unpaired) electrons. The predicted octanol–water partition coefficient (Wildman–Crippen LogP) is 2.92. The zero-order valence-electron chi connectivity index (χ0n) is 11.9. The zero-order valence-corrected chi connectivity index (χ0v) is 12.7. The number of hydrogen-bond donors (Lipinski definition) is 2. The van der Waals surface area contributed by atoms with Crippen LogP contribution in [0.4, 0.5) is 5.82 Å². The molecule has 0 amide bonds. The van der Waals surface area contributed by atoms with Crippen LogP contribution in [0.5, 0.6) is 0 Å². The predicted molar refractivity (Wildman–Crippen MR) is 86.4 cm³/mol. The van der Waals surface area contributed by atoms with E-state index in [0.29, 0.717) is 12.4 Å². The van der Waals surface area contributed by atoms with Crippen LogP contribution >= 0.6 is 11.3 Å². The lowest BCUT2D eigenvalue weighted by Gasteiger charge is -2.06. The molecule has 0 atom stereocenters. The number of nitrogens with zero attached hydrogens (tertiary/aromatic N) is 3. The van der Waals surface area contributed by atoms with Crippen LogP contribution in [0.2, 0.25) is 0 Å². The first-order valence-corrected chi connectivity index (χ1v) is 7.76. The van der Waals surface area contributed by atoms with E-state index in [1.54, 1.807) is 17.6 Å². The van der Waals surface area contributed by atoms with Crippen LogP contribution < -0.4 is 5.32 Å². The van der Waals surface area contributed by atoms with E-state index in [2.05, 4.69) is 19.7 Å². The van der Waals surface area contributed by atoms with Crippen molar-refractivity contribution in [3.05, 3.63) is 36.4 Å². The minimum Gasteiger partial charge on any atom is -0.464 e. The molecule has 0 spiro atoms. The lowest BCUT2D eigenvalue weighted by molar-refractivity contribution is 0.311. The number of aromatic nitrogens is 3. The summed E-state index contributed by atoms with van der Waals surface area (Å²) in [5.74, 6) is 1.51. The summed E-state index contributed by atoms with van der Waals surface area (Å²) < 4.78 is 7.56. The Morgan fingerprint density at radius 2 is 2.36 bits per heavy atom. The summed E-state index contributed by atoms with van der Waals surface area (Å²) in [4.78, 5) is 11.1. The Morgan fingerprint density at radius 3 is 3.14 bits per heavy atom. The summed E-state index contributed by atoms with van der Waals surface area (Å²) in [5, 5.41) is 12.1. The normalized spacial score (nSPS) is 11.5. The van der Waals surface area contributed by atoms with E-state index in [0.717, 1.165) is 32.3 Å². The highest BCUT2D eigenvalue weighted by Crippen LogP contribution is 2.35. The Bertz CT molecular complexity index is 940. The highest BCUT2D eigenvalue weighted by molar-refractivity contribution is 7.21. The SMILES string of the molecule is Cc1cnc2c(NCCO)nc3cc(-c4ccco4)sc3n12. The van der Waals surface area contributed by atoms with Gasteiger partial charge in [-0.25, -0.2) is 9.97 Å². The molecule has 0 aliphatic heterocycles. The van der Waals surface area contributed by atoms with Crippen molar-refractivity contribution in [3.63, 3.8) is 0 Å². The standard InChI is InChI=1S/C15H14N4O2S/c1-9-8-17-14-13(16-4-5-20)18-10-7-12(11-3-2-6-21-11)22-15(10)19(9)14/h2-3,6-8,20H,4-5H2,1H3,(H,16,18). The largest absolute Gasteiger partial charge is 0.464 e. The van der Waals surface area contributed by atoms with E-state index < -0.39 is 0 Å². The van der Waals surface area contributed by atoms with Gasteiger partial charge in [0.05, 0.1) is 17.7 Å². The van der Waals surface area contributed by atoms with Crippen LogP contribution in [0.25, 0.3) is 26.6 Å². The fraction of sp³-hybridized carbons (Fsp3) is 0.200. The van der Waals surface area contributed by atoms with Crippen LogP contribution in [0.1, 0.15) is 5.69 Å². The molecule has 0 unspecified atom stereocenters. The summed E-state index contributed by atoms with van der Waals surface area (Å²) in [5.41, 5.74) is 2.69. The van der Waals surface area contributed by atoms with Gasteiger partial charge in [-0.2, -0.15) is 0 Å². The summed E-state index contributed by atoms with van der Waals surface area (Å²) in [6.45, 7) is 2.50. The zero-order chi connectivity index (χ0) is 15.1. The Labute approximate surface area is 130 Å². The molecule has 2 N–H and O–H groups in total. The Balaban J connectivity index is 1.98. The van der Waals surface area contributed by atoms with Gasteiger partial charge in [0, 0.05) is 18.4 Å². The van der Waals surface area contributed by atoms with Crippen molar-refractivity contribution in [3.8, 4) is 10.6 Å². The number of thiophene rings is 1. The van der Waals surface area contributed by atoms with E-state index in [-0.39, 0.29) is 6.61 Å². The second-order valence-corrected chi connectivity index (χ2v) is 5.98. The van der Waals surface area contributed by atoms with Gasteiger partial charge in [0.1, 0.15) is 16.1 Å². The molecule has 4 aromatic heterocycles. The summed E-state index contributed by atoms with van der Waals surface area (Å²) in [6.07, 6.45) is 3.49. The molecule has 4 aromatic rings. The maximum Gasteiger partial charge on any atom is 0.181 e. The van der Waals surface area contributed by atoms with E-state index in [4.69, 9.17) is 9.52 Å².